The van der Waals surface area contributed by atoms with Crippen LogP contribution < -0.4 is 25.0 Å². The minimum Gasteiger partial charge on any atom is -0.497 e. The fourth-order valence-corrected chi connectivity index (χ4v) is 3.74. The molecule has 0 atom stereocenters. The predicted molar refractivity (Wildman–Crippen MR) is 156 cm³/mol. The number of amides is 2. The zero-order chi connectivity index (χ0) is 29.2. The zero-order valence-electron chi connectivity index (χ0n) is 22.2. The fraction of sp³-hybridized carbons (Fsp3) is 0.0968. The minimum atomic E-state index is -0.547. The first-order chi connectivity index (χ1) is 19.9. The van der Waals surface area contributed by atoms with E-state index < -0.39 is 11.9 Å². The Hall–Kier alpha value is -5.15. The third-order valence-electron chi connectivity index (χ3n) is 5.66. The lowest BCUT2D eigenvalue weighted by molar-refractivity contribution is 0.0728. The number of carbonyl (C=O) groups excluding carboxylic acids is 3. The standard InChI is InChI=1S/C31H26ClN3O6/c1-3-40-28-17-20(7-16-27(28)41-31(38)22-10-14-26(39-2)15-11-22)19-33-35-30(37)23-5-4-6-25(18-23)34-29(36)21-8-12-24(32)13-9-21/h4-19H,3H2,1-2H3,(H,34,36)(H,35,37). The smallest absolute Gasteiger partial charge is 0.343 e. The number of hydrazone groups is 1. The second-order valence-corrected chi connectivity index (χ2v) is 8.93. The maximum Gasteiger partial charge on any atom is 0.343 e. The van der Waals surface area contributed by atoms with E-state index in [4.69, 9.17) is 25.8 Å². The van der Waals surface area contributed by atoms with E-state index in [9.17, 15) is 14.4 Å². The van der Waals surface area contributed by atoms with E-state index in [0.29, 0.717) is 51.1 Å². The second kappa shape index (κ2) is 13.8. The van der Waals surface area contributed by atoms with Crippen LogP contribution in [-0.4, -0.2) is 37.7 Å². The quantitative estimate of drug-likeness (QED) is 0.105. The number of esters is 1. The molecule has 4 aromatic carbocycles. The molecule has 0 saturated carbocycles. The monoisotopic (exact) mass is 571 g/mol. The zero-order valence-corrected chi connectivity index (χ0v) is 23.0. The molecule has 0 bridgehead atoms. The Kier molecular flexibility index (Phi) is 9.69. The highest BCUT2D eigenvalue weighted by atomic mass is 35.5. The minimum absolute atomic E-state index is 0.242. The van der Waals surface area contributed by atoms with Gasteiger partial charge in [0, 0.05) is 21.8 Å². The number of benzene rings is 4. The molecule has 4 aromatic rings. The highest BCUT2D eigenvalue weighted by molar-refractivity contribution is 6.30. The number of ether oxygens (including phenoxy) is 3. The molecule has 0 radical (unpaired) electrons. The van der Waals surface area contributed by atoms with Gasteiger partial charge >= 0.3 is 5.97 Å². The molecule has 0 heterocycles. The number of methoxy groups -OCH3 is 1. The molecule has 0 aromatic heterocycles. The third-order valence-corrected chi connectivity index (χ3v) is 5.92. The van der Waals surface area contributed by atoms with Crippen LogP contribution in [0.3, 0.4) is 0 Å². The molecule has 0 saturated heterocycles. The number of carbonyl (C=O) groups is 3. The van der Waals surface area contributed by atoms with Crippen molar-refractivity contribution in [2.24, 2.45) is 5.10 Å². The van der Waals surface area contributed by atoms with E-state index in [-0.39, 0.29) is 11.7 Å². The molecule has 0 unspecified atom stereocenters. The summed E-state index contributed by atoms with van der Waals surface area (Å²) in [6.45, 7) is 2.15. The second-order valence-electron chi connectivity index (χ2n) is 8.50. The number of rotatable bonds is 10. The third kappa shape index (κ3) is 7.93. The van der Waals surface area contributed by atoms with Crippen LogP contribution in [0.5, 0.6) is 17.2 Å². The first kappa shape index (κ1) is 28.8. The van der Waals surface area contributed by atoms with E-state index in [1.807, 2.05) is 6.92 Å². The maximum atomic E-state index is 12.7. The van der Waals surface area contributed by atoms with Gasteiger partial charge in [-0.15, -0.1) is 0 Å². The Morgan fingerprint density at radius 3 is 2.27 bits per heavy atom. The van der Waals surface area contributed by atoms with E-state index in [2.05, 4.69) is 15.8 Å². The molecule has 2 N–H and O–H groups in total. The summed E-state index contributed by atoms with van der Waals surface area (Å²) in [5.41, 5.74) is 4.59. The summed E-state index contributed by atoms with van der Waals surface area (Å²) < 4.78 is 16.3. The lowest BCUT2D eigenvalue weighted by atomic mass is 10.1. The van der Waals surface area contributed by atoms with Crippen molar-refractivity contribution in [1.29, 1.82) is 0 Å². The van der Waals surface area contributed by atoms with Gasteiger partial charge in [0.05, 0.1) is 25.5 Å². The van der Waals surface area contributed by atoms with E-state index in [1.165, 1.54) is 12.3 Å². The number of halogens is 1. The Balaban J connectivity index is 1.39. The van der Waals surface area contributed by atoms with Crippen LogP contribution in [0, 0.1) is 0 Å². The Bertz CT molecular complexity index is 1570. The van der Waals surface area contributed by atoms with Crippen molar-refractivity contribution in [3.05, 3.63) is 118 Å². The molecule has 10 heteroatoms. The van der Waals surface area contributed by atoms with Crippen LogP contribution in [-0.2, 0) is 0 Å². The van der Waals surface area contributed by atoms with Crippen molar-refractivity contribution >= 4 is 41.3 Å². The van der Waals surface area contributed by atoms with Crippen LogP contribution in [0.15, 0.2) is 96.1 Å². The van der Waals surface area contributed by atoms with Crippen LogP contribution in [0.25, 0.3) is 0 Å². The van der Waals surface area contributed by atoms with Crippen molar-refractivity contribution in [3.63, 3.8) is 0 Å². The maximum absolute atomic E-state index is 12.7. The number of hydrogen-bond donors (Lipinski definition) is 2. The van der Waals surface area contributed by atoms with Gasteiger partial charge < -0.3 is 19.5 Å². The molecule has 0 aliphatic heterocycles. The molecular weight excluding hydrogens is 546 g/mol. The molecule has 4 rings (SSSR count). The average molecular weight is 572 g/mol. The molecule has 208 valence electrons. The average Bonchev–Trinajstić information content (AvgIpc) is 2.99. The topological polar surface area (TPSA) is 115 Å². The van der Waals surface area contributed by atoms with Crippen molar-refractivity contribution in [3.8, 4) is 17.2 Å². The molecular formula is C31H26ClN3O6. The van der Waals surface area contributed by atoms with Gasteiger partial charge in [-0.05, 0) is 97.4 Å². The summed E-state index contributed by atoms with van der Waals surface area (Å²) in [5, 5.41) is 7.30. The fourth-order valence-electron chi connectivity index (χ4n) is 3.62. The number of anilines is 1. The summed E-state index contributed by atoms with van der Waals surface area (Å²) >= 11 is 5.87. The lowest BCUT2D eigenvalue weighted by Crippen LogP contribution is -2.18. The van der Waals surface area contributed by atoms with Gasteiger partial charge in [0.2, 0.25) is 0 Å². The van der Waals surface area contributed by atoms with Gasteiger partial charge in [0.25, 0.3) is 11.8 Å². The Morgan fingerprint density at radius 1 is 0.829 bits per heavy atom. The summed E-state index contributed by atoms with van der Waals surface area (Å²) in [4.78, 5) is 37.7. The summed E-state index contributed by atoms with van der Waals surface area (Å²) in [6.07, 6.45) is 1.43. The highest BCUT2D eigenvalue weighted by Crippen LogP contribution is 2.29. The van der Waals surface area contributed by atoms with Gasteiger partial charge in [-0.25, -0.2) is 10.2 Å². The lowest BCUT2D eigenvalue weighted by Gasteiger charge is -2.11. The van der Waals surface area contributed by atoms with Crippen LogP contribution in [0.4, 0.5) is 5.69 Å². The van der Waals surface area contributed by atoms with Crippen LogP contribution in [0.1, 0.15) is 43.6 Å². The Morgan fingerprint density at radius 2 is 1.56 bits per heavy atom. The van der Waals surface area contributed by atoms with E-state index >= 15 is 0 Å². The normalized spacial score (nSPS) is 10.6. The SMILES string of the molecule is CCOc1cc(C=NNC(=O)c2cccc(NC(=O)c3ccc(Cl)cc3)c2)ccc1OC(=O)c1ccc(OC)cc1. The molecule has 0 aliphatic carbocycles. The number of nitrogens with one attached hydrogen (secondary N) is 2. The first-order valence-electron chi connectivity index (χ1n) is 12.5. The number of hydrogen-bond acceptors (Lipinski definition) is 7. The molecule has 0 spiro atoms. The highest BCUT2D eigenvalue weighted by Gasteiger charge is 2.14. The van der Waals surface area contributed by atoms with Gasteiger partial charge in [-0.2, -0.15) is 5.10 Å². The van der Waals surface area contributed by atoms with Crippen molar-refractivity contribution in [2.75, 3.05) is 19.0 Å². The van der Waals surface area contributed by atoms with Crippen molar-refractivity contribution in [2.45, 2.75) is 6.92 Å². The Labute approximate surface area is 241 Å². The molecule has 41 heavy (non-hydrogen) atoms. The predicted octanol–water partition coefficient (Wildman–Crippen LogP) is 5.98. The van der Waals surface area contributed by atoms with E-state index in [1.54, 1.807) is 92.0 Å². The molecule has 9 nitrogen and oxygen atoms in total. The van der Waals surface area contributed by atoms with Gasteiger partial charge in [-0.1, -0.05) is 17.7 Å². The summed E-state index contributed by atoms with van der Waals surface area (Å²) in [7, 11) is 1.54. The largest absolute Gasteiger partial charge is 0.497 e. The molecule has 2 amide bonds. The first-order valence-corrected chi connectivity index (χ1v) is 12.9. The van der Waals surface area contributed by atoms with E-state index in [0.717, 1.165) is 0 Å². The van der Waals surface area contributed by atoms with Gasteiger partial charge in [-0.3, -0.25) is 9.59 Å². The van der Waals surface area contributed by atoms with Gasteiger partial charge in [0.1, 0.15) is 5.75 Å². The summed E-state index contributed by atoms with van der Waals surface area (Å²) in [6, 6.07) is 24.4. The van der Waals surface area contributed by atoms with Crippen molar-refractivity contribution in [1.82, 2.24) is 5.43 Å². The van der Waals surface area contributed by atoms with Crippen LogP contribution >= 0.6 is 11.6 Å². The molecule has 0 aliphatic rings. The number of nitrogens with zero attached hydrogens (tertiary/aromatic N) is 1. The van der Waals surface area contributed by atoms with Crippen molar-refractivity contribution < 1.29 is 28.6 Å². The molecule has 0 fully saturated rings. The van der Waals surface area contributed by atoms with Crippen LogP contribution in [0.2, 0.25) is 5.02 Å². The van der Waals surface area contributed by atoms with Gasteiger partial charge in [0.15, 0.2) is 11.5 Å². The summed E-state index contributed by atoms with van der Waals surface area (Å²) in [5.74, 6) is -0.144.